The smallest absolute Gasteiger partial charge is 0.242 e. The molecule has 0 radical (unpaired) electrons. The first kappa shape index (κ1) is 5.28. The van der Waals surface area contributed by atoms with Gasteiger partial charge < -0.3 is 0 Å². The van der Waals surface area contributed by atoms with Crippen LogP contribution in [-0.2, 0) is 0 Å². The molecule has 3 nitrogen and oxygen atoms in total. The first-order valence-corrected chi connectivity index (χ1v) is 2.64. The molecule has 0 aromatic heterocycles. The Kier molecular flexibility index (Phi) is 1.28. The van der Waals surface area contributed by atoms with Crippen molar-refractivity contribution in [3.8, 4) is 0 Å². The maximum atomic E-state index is 9.94. The molecule has 0 bridgehead atoms. The van der Waals surface area contributed by atoms with Gasteiger partial charge in [0.1, 0.15) is 0 Å². The molecule has 44 valence electrons. The minimum Gasteiger partial charge on any atom is -0.259 e. The third-order valence-electron chi connectivity index (χ3n) is 1.25. The molecule has 8 heavy (non-hydrogen) atoms. The second-order valence-corrected chi connectivity index (χ2v) is 1.84. The molecule has 0 saturated heterocycles. The fourth-order valence-corrected chi connectivity index (χ4v) is 0.820. The minimum atomic E-state index is -0.299. The zero-order valence-corrected chi connectivity index (χ0v) is 4.46. The van der Waals surface area contributed by atoms with E-state index in [4.69, 9.17) is 0 Å². The summed E-state index contributed by atoms with van der Waals surface area (Å²) in [5.74, 6) is 0. The summed E-state index contributed by atoms with van der Waals surface area (Å²) in [5, 5.41) is 9.94. The van der Waals surface area contributed by atoms with Crippen molar-refractivity contribution >= 4 is 0 Å². The number of hydrogen-bond acceptors (Lipinski definition) is 2. The Morgan fingerprint density at radius 3 is 2.75 bits per heavy atom. The molecular formula is C5H7NO2. The van der Waals surface area contributed by atoms with Crippen LogP contribution in [0.25, 0.3) is 0 Å². The molecule has 1 aliphatic rings. The van der Waals surface area contributed by atoms with Crippen LogP contribution in [0.3, 0.4) is 0 Å². The topological polar surface area (TPSA) is 43.1 Å². The van der Waals surface area contributed by atoms with Crippen molar-refractivity contribution in [3.63, 3.8) is 0 Å². The average Bonchev–Trinajstić information content (AvgIpc) is 2.12. The largest absolute Gasteiger partial charge is 0.259 e. The number of nitrogens with zero attached hydrogens (tertiary/aromatic N) is 1. The van der Waals surface area contributed by atoms with E-state index in [0.29, 0.717) is 12.1 Å². The number of rotatable bonds is 1. The SMILES string of the molecule is O=[N+]([O-])C1=CCCC1. The van der Waals surface area contributed by atoms with Crippen LogP contribution in [0.1, 0.15) is 19.3 Å². The van der Waals surface area contributed by atoms with Gasteiger partial charge in [-0.3, -0.25) is 10.1 Å². The molecule has 1 rings (SSSR count). The first-order valence-electron chi connectivity index (χ1n) is 2.64. The average molecular weight is 113 g/mol. The summed E-state index contributed by atoms with van der Waals surface area (Å²) < 4.78 is 0. The fraction of sp³-hybridized carbons (Fsp3) is 0.600. The lowest BCUT2D eigenvalue weighted by Gasteiger charge is -1.84. The second-order valence-electron chi connectivity index (χ2n) is 1.84. The lowest BCUT2D eigenvalue weighted by molar-refractivity contribution is -0.426. The predicted octanol–water partition coefficient (Wildman–Crippen LogP) is 1.33. The Morgan fingerprint density at radius 2 is 2.50 bits per heavy atom. The van der Waals surface area contributed by atoms with Crippen LogP contribution < -0.4 is 0 Å². The van der Waals surface area contributed by atoms with E-state index >= 15 is 0 Å². The molecule has 0 amide bonds. The van der Waals surface area contributed by atoms with Gasteiger partial charge >= 0.3 is 0 Å². The molecule has 3 heteroatoms. The predicted molar refractivity (Wildman–Crippen MR) is 28.9 cm³/mol. The molecule has 0 atom stereocenters. The molecule has 0 heterocycles. The first-order chi connectivity index (χ1) is 3.80. The molecular weight excluding hydrogens is 106 g/mol. The summed E-state index contributed by atoms with van der Waals surface area (Å²) >= 11 is 0. The molecule has 0 spiro atoms. The van der Waals surface area contributed by atoms with Gasteiger partial charge in [0.25, 0.3) is 0 Å². The molecule has 1 aliphatic carbocycles. The molecule has 0 fully saturated rings. The highest BCUT2D eigenvalue weighted by Gasteiger charge is 2.13. The van der Waals surface area contributed by atoms with E-state index in [-0.39, 0.29) is 4.92 Å². The van der Waals surface area contributed by atoms with Crippen LogP contribution in [0.2, 0.25) is 0 Å². The Bertz CT molecular complexity index is 139. The van der Waals surface area contributed by atoms with Gasteiger partial charge in [-0.1, -0.05) is 0 Å². The molecule has 0 N–H and O–H groups in total. The van der Waals surface area contributed by atoms with Gasteiger partial charge in [-0.05, 0) is 18.9 Å². The van der Waals surface area contributed by atoms with E-state index in [9.17, 15) is 10.1 Å². The Balaban J connectivity index is 2.57. The van der Waals surface area contributed by atoms with Gasteiger partial charge in [0.05, 0.1) is 4.92 Å². The van der Waals surface area contributed by atoms with E-state index in [1.807, 2.05) is 0 Å². The van der Waals surface area contributed by atoms with Crippen LogP contribution >= 0.6 is 0 Å². The van der Waals surface area contributed by atoms with E-state index in [0.717, 1.165) is 12.8 Å². The molecule has 0 aromatic rings. The van der Waals surface area contributed by atoms with E-state index in [1.165, 1.54) is 0 Å². The Morgan fingerprint density at radius 1 is 1.75 bits per heavy atom. The van der Waals surface area contributed by atoms with E-state index in [1.54, 1.807) is 6.08 Å². The van der Waals surface area contributed by atoms with Crippen molar-refractivity contribution in [2.45, 2.75) is 19.3 Å². The third kappa shape index (κ3) is 0.857. The summed E-state index contributed by atoms with van der Waals surface area (Å²) in [4.78, 5) is 9.64. The van der Waals surface area contributed by atoms with Crippen molar-refractivity contribution < 1.29 is 4.92 Å². The van der Waals surface area contributed by atoms with Crippen LogP contribution in [0, 0.1) is 10.1 Å². The van der Waals surface area contributed by atoms with Gasteiger partial charge in [0.2, 0.25) is 5.70 Å². The monoisotopic (exact) mass is 113 g/mol. The summed E-state index contributed by atoms with van der Waals surface area (Å²) in [7, 11) is 0. The van der Waals surface area contributed by atoms with E-state index < -0.39 is 0 Å². The molecule has 0 unspecified atom stereocenters. The van der Waals surface area contributed by atoms with Crippen molar-refractivity contribution in [2.75, 3.05) is 0 Å². The van der Waals surface area contributed by atoms with Gasteiger partial charge in [0, 0.05) is 6.42 Å². The van der Waals surface area contributed by atoms with Gasteiger partial charge in [-0.2, -0.15) is 0 Å². The van der Waals surface area contributed by atoms with Crippen molar-refractivity contribution in [3.05, 3.63) is 21.9 Å². The normalized spacial score (nSPS) is 18.2. The lowest BCUT2D eigenvalue weighted by atomic mass is 10.3. The molecule has 0 saturated carbocycles. The third-order valence-corrected chi connectivity index (χ3v) is 1.25. The van der Waals surface area contributed by atoms with Crippen LogP contribution in [-0.4, -0.2) is 4.92 Å². The number of allylic oxidation sites excluding steroid dienone is 2. The lowest BCUT2D eigenvalue weighted by Crippen LogP contribution is -1.93. The number of nitro groups is 1. The van der Waals surface area contributed by atoms with E-state index in [2.05, 4.69) is 0 Å². The Labute approximate surface area is 47.2 Å². The maximum absolute atomic E-state index is 9.94. The van der Waals surface area contributed by atoms with Crippen LogP contribution in [0.15, 0.2) is 11.8 Å². The highest BCUT2D eigenvalue weighted by Crippen LogP contribution is 2.16. The van der Waals surface area contributed by atoms with Crippen molar-refractivity contribution in [2.24, 2.45) is 0 Å². The summed E-state index contributed by atoms with van der Waals surface area (Å²) in [6.07, 6.45) is 4.19. The van der Waals surface area contributed by atoms with Gasteiger partial charge in [0.15, 0.2) is 0 Å². The maximum Gasteiger partial charge on any atom is 0.242 e. The minimum absolute atomic E-state index is 0.299. The van der Waals surface area contributed by atoms with Crippen LogP contribution in [0.5, 0.6) is 0 Å². The van der Waals surface area contributed by atoms with Crippen molar-refractivity contribution in [1.29, 1.82) is 0 Å². The number of hydrogen-bond donors (Lipinski definition) is 0. The van der Waals surface area contributed by atoms with Crippen molar-refractivity contribution in [1.82, 2.24) is 0 Å². The summed E-state index contributed by atoms with van der Waals surface area (Å²) in [6, 6.07) is 0. The second kappa shape index (κ2) is 1.94. The van der Waals surface area contributed by atoms with Gasteiger partial charge in [-0.15, -0.1) is 0 Å². The molecule has 0 aliphatic heterocycles. The highest BCUT2D eigenvalue weighted by molar-refractivity contribution is 4.97. The zero-order chi connectivity index (χ0) is 5.98. The van der Waals surface area contributed by atoms with Crippen LogP contribution in [0.4, 0.5) is 0 Å². The molecule has 0 aromatic carbocycles. The van der Waals surface area contributed by atoms with Gasteiger partial charge in [-0.25, -0.2) is 0 Å². The quantitative estimate of drug-likeness (QED) is 0.380. The standard InChI is InChI=1S/C5H7NO2/c7-6(8)5-3-1-2-4-5/h3H,1-2,4H2. The Hall–Kier alpha value is -0.860. The zero-order valence-electron chi connectivity index (χ0n) is 4.46. The fourth-order valence-electron chi connectivity index (χ4n) is 0.820. The summed E-state index contributed by atoms with van der Waals surface area (Å²) in [6.45, 7) is 0. The highest BCUT2D eigenvalue weighted by atomic mass is 16.6. The summed E-state index contributed by atoms with van der Waals surface area (Å²) in [5.41, 5.74) is 0.394.